The van der Waals surface area contributed by atoms with Gasteiger partial charge in [0.15, 0.2) is 0 Å². The third kappa shape index (κ3) is 1.49. The van der Waals surface area contributed by atoms with Gasteiger partial charge in [-0.05, 0) is 18.1 Å². The monoisotopic (exact) mass is 232 g/mol. The number of rotatable bonds is 1. The van der Waals surface area contributed by atoms with E-state index in [9.17, 15) is 5.26 Å². The van der Waals surface area contributed by atoms with Gasteiger partial charge in [-0.15, -0.1) is 0 Å². The fourth-order valence-electron chi connectivity index (χ4n) is 2.30. The lowest BCUT2D eigenvalue weighted by Crippen LogP contribution is -1.80. The zero-order chi connectivity index (χ0) is 12.5. The van der Waals surface area contributed by atoms with E-state index in [4.69, 9.17) is 0 Å². The summed E-state index contributed by atoms with van der Waals surface area (Å²) in [6.45, 7) is 2.05. The zero-order valence-electron chi connectivity index (χ0n) is 10.1. The molecule has 0 fully saturated rings. The standard InChI is InChI=1S/C16H12N2/c1-11-6-5-9-13-14(10-17)16(18-15(11)13)12-7-3-2-4-8-12/h2-9,18H,1H3. The van der Waals surface area contributed by atoms with Crippen molar-refractivity contribution in [2.24, 2.45) is 0 Å². The van der Waals surface area contributed by atoms with Crippen LogP contribution >= 0.6 is 0 Å². The van der Waals surface area contributed by atoms with Crippen molar-refractivity contribution in [1.82, 2.24) is 4.98 Å². The predicted molar refractivity (Wildman–Crippen MR) is 73.2 cm³/mol. The maximum absolute atomic E-state index is 9.39. The normalized spacial score (nSPS) is 10.4. The molecule has 1 aromatic heterocycles. The molecule has 2 heteroatoms. The number of benzene rings is 2. The third-order valence-corrected chi connectivity index (χ3v) is 3.22. The van der Waals surface area contributed by atoms with Crippen molar-refractivity contribution in [3.8, 4) is 17.3 Å². The summed E-state index contributed by atoms with van der Waals surface area (Å²) in [6.07, 6.45) is 0. The van der Waals surface area contributed by atoms with Crippen molar-refractivity contribution in [3.63, 3.8) is 0 Å². The van der Waals surface area contributed by atoms with Crippen LogP contribution in [0.1, 0.15) is 11.1 Å². The lowest BCUT2D eigenvalue weighted by molar-refractivity contribution is 1.40. The van der Waals surface area contributed by atoms with Gasteiger partial charge in [0.05, 0.1) is 16.8 Å². The average Bonchev–Trinajstić information content (AvgIpc) is 2.80. The van der Waals surface area contributed by atoms with Gasteiger partial charge in [-0.25, -0.2) is 0 Å². The van der Waals surface area contributed by atoms with Crippen LogP contribution in [0.3, 0.4) is 0 Å². The Morgan fingerprint density at radius 1 is 1.00 bits per heavy atom. The van der Waals surface area contributed by atoms with E-state index in [0.717, 1.165) is 33.3 Å². The van der Waals surface area contributed by atoms with Crippen LogP contribution in [-0.2, 0) is 0 Å². The van der Waals surface area contributed by atoms with Crippen LogP contribution < -0.4 is 0 Å². The molecule has 0 saturated heterocycles. The molecule has 0 amide bonds. The van der Waals surface area contributed by atoms with Crippen molar-refractivity contribution in [1.29, 1.82) is 5.26 Å². The van der Waals surface area contributed by atoms with Gasteiger partial charge in [-0.2, -0.15) is 5.26 Å². The van der Waals surface area contributed by atoms with Crippen LogP contribution in [0.2, 0.25) is 0 Å². The van der Waals surface area contributed by atoms with E-state index in [2.05, 4.69) is 24.0 Å². The van der Waals surface area contributed by atoms with Crippen molar-refractivity contribution in [3.05, 3.63) is 59.7 Å². The van der Waals surface area contributed by atoms with Gasteiger partial charge >= 0.3 is 0 Å². The summed E-state index contributed by atoms with van der Waals surface area (Å²) < 4.78 is 0. The van der Waals surface area contributed by atoms with Crippen molar-refractivity contribution >= 4 is 10.9 Å². The SMILES string of the molecule is Cc1cccc2c(C#N)c(-c3ccccc3)[nH]c12. The number of aromatic amines is 1. The summed E-state index contributed by atoms with van der Waals surface area (Å²) in [4.78, 5) is 3.38. The zero-order valence-corrected chi connectivity index (χ0v) is 10.1. The first-order chi connectivity index (χ1) is 8.81. The first-order valence-corrected chi connectivity index (χ1v) is 5.88. The van der Waals surface area contributed by atoms with Crippen LogP contribution in [0, 0.1) is 18.3 Å². The molecule has 18 heavy (non-hydrogen) atoms. The number of H-pyrrole nitrogens is 1. The third-order valence-electron chi connectivity index (χ3n) is 3.22. The second-order valence-corrected chi connectivity index (χ2v) is 4.35. The summed E-state index contributed by atoms with van der Waals surface area (Å²) in [5.41, 5.74) is 4.88. The highest BCUT2D eigenvalue weighted by atomic mass is 14.7. The molecule has 0 aliphatic carbocycles. The Morgan fingerprint density at radius 2 is 1.78 bits per heavy atom. The molecule has 3 rings (SSSR count). The first-order valence-electron chi connectivity index (χ1n) is 5.88. The maximum atomic E-state index is 9.39. The Bertz CT molecular complexity index is 746. The first kappa shape index (κ1) is 10.6. The molecule has 2 nitrogen and oxygen atoms in total. The molecule has 0 spiro atoms. The van der Waals surface area contributed by atoms with E-state index in [1.54, 1.807) is 0 Å². The number of nitrogens with one attached hydrogen (secondary N) is 1. The van der Waals surface area contributed by atoms with Gasteiger partial charge < -0.3 is 4.98 Å². The van der Waals surface area contributed by atoms with Gasteiger partial charge in [0.2, 0.25) is 0 Å². The minimum absolute atomic E-state index is 0.722. The molecule has 0 saturated carbocycles. The van der Waals surface area contributed by atoms with E-state index in [-0.39, 0.29) is 0 Å². The summed E-state index contributed by atoms with van der Waals surface area (Å²) in [6, 6.07) is 18.3. The number of aromatic nitrogens is 1. The Morgan fingerprint density at radius 3 is 2.50 bits per heavy atom. The Hall–Kier alpha value is -2.53. The molecule has 0 atom stereocenters. The fraction of sp³-hybridized carbons (Fsp3) is 0.0625. The molecule has 0 aliphatic heterocycles. The lowest BCUT2D eigenvalue weighted by atomic mass is 10.1. The number of nitrogens with zero attached hydrogens (tertiary/aromatic N) is 1. The number of hydrogen-bond donors (Lipinski definition) is 1. The van der Waals surface area contributed by atoms with E-state index in [1.165, 1.54) is 0 Å². The largest absolute Gasteiger partial charge is 0.353 e. The topological polar surface area (TPSA) is 39.6 Å². The summed E-state index contributed by atoms with van der Waals surface area (Å²) >= 11 is 0. The maximum Gasteiger partial charge on any atom is 0.102 e. The van der Waals surface area contributed by atoms with Gasteiger partial charge in [0.1, 0.15) is 6.07 Å². The van der Waals surface area contributed by atoms with Gasteiger partial charge in [0, 0.05) is 5.39 Å². The van der Waals surface area contributed by atoms with Crippen molar-refractivity contribution in [2.45, 2.75) is 6.92 Å². The van der Waals surface area contributed by atoms with Crippen LogP contribution in [0.25, 0.3) is 22.2 Å². The van der Waals surface area contributed by atoms with Crippen LogP contribution in [0.15, 0.2) is 48.5 Å². The van der Waals surface area contributed by atoms with Crippen LogP contribution in [0.5, 0.6) is 0 Å². The van der Waals surface area contributed by atoms with E-state index in [0.29, 0.717) is 0 Å². The number of fused-ring (bicyclic) bond motifs is 1. The highest BCUT2D eigenvalue weighted by Crippen LogP contribution is 2.30. The van der Waals surface area contributed by atoms with E-state index < -0.39 is 0 Å². The van der Waals surface area contributed by atoms with Crippen LogP contribution in [0.4, 0.5) is 0 Å². The van der Waals surface area contributed by atoms with Gasteiger partial charge in [0.25, 0.3) is 0 Å². The minimum atomic E-state index is 0.722. The summed E-state index contributed by atoms with van der Waals surface area (Å²) in [7, 11) is 0. The molecule has 3 aromatic rings. The quantitative estimate of drug-likeness (QED) is 0.676. The summed E-state index contributed by atoms with van der Waals surface area (Å²) in [5, 5.41) is 10.4. The number of para-hydroxylation sites is 1. The fourth-order valence-corrected chi connectivity index (χ4v) is 2.30. The van der Waals surface area contributed by atoms with Gasteiger partial charge in [-0.3, -0.25) is 0 Å². The van der Waals surface area contributed by atoms with Crippen molar-refractivity contribution in [2.75, 3.05) is 0 Å². The Balaban J connectivity index is 2.38. The highest BCUT2D eigenvalue weighted by molar-refractivity contribution is 5.95. The highest BCUT2D eigenvalue weighted by Gasteiger charge is 2.13. The lowest BCUT2D eigenvalue weighted by Gasteiger charge is -1.97. The molecule has 0 aliphatic rings. The molecular formula is C16H12N2. The van der Waals surface area contributed by atoms with Crippen molar-refractivity contribution < 1.29 is 0 Å². The number of hydrogen-bond acceptors (Lipinski definition) is 1. The smallest absolute Gasteiger partial charge is 0.102 e. The van der Waals surface area contributed by atoms with E-state index >= 15 is 0 Å². The number of nitriles is 1. The summed E-state index contributed by atoms with van der Waals surface area (Å²) in [5.74, 6) is 0. The average molecular weight is 232 g/mol. The molecule has 86 valence electrons. The second-order valence-electron chi connectivity index (χ2n) is 4.35. The molecule has 0 bridgehead atoms. The molecule has 1 N–H and O–H groups in total. The van der Waals surface area contributed by atoms with E-state index in [1.807, 2.05) is 42.5 Å². The second kappa shape index (κ2) is 4.05. The molecule has 0 radical (unpaired) electrons. The molecular weight excluding hydrogens is 220 g/mol. The molecule has 1 heterocycles. The predicted octanol–water partition coefficient (Wildman–Crippen LogP) is 4.02. The van der Waals surface area contributed by atoms with Crippen LogP contribution in [-0.4, -0.2) is 4.98 Å². The van der Waals surface area contributed by atoms with Gasteiger partial charge in [-0.1, -0.05) is 48.5 Å². The Labute approximate surface area is 106 Å². The molecule has 0 unspecified atom stereocenters. The molecule has 2 aromatic carbocycles. The number of aryl methyl sites for hydroxylation is 1. The Kier molecular flexibility index (Phi) is 2.39. The minimum Gasteiger partial charge on any atom is -0.353 e.